The first-order valence-corrected chi connectivity index (χ1v) is 5.61. The molecule has 0 bridgehead atoms. The van der Waals surface area contributed by atoms with Gasteiger partial charge in [-0.15, -0.1) is 6.58 Å². The molecule has 88 valence electrons. The molecule has 0 aliphatic carbocycles. The van der Waals surface area contributed by atoms with Gasteiger partial charge in [-0.1, -0.05) is 30.7 Å². The Morgan fingerprint density at radius 2 is 2.25 bits per heavy atom. The van der Waals surface area contributed by atoms with Crippen molar-refractivity contribution in [3.63, 3.8) is 0 Å². The van der Waals surface area contributed by atoms with Gasteiger partial charge in [-0.25, -0.2) is 4.39 Å². The summed E-state index contributed by atoms with van der Waals surface area (Å²) in [6.07, 6.45) is 2.47. The summed E-state index contributed by atoms with van der Waals surface area (Å²) in [5.41, 5.74) is 0.519. The largest absolute Gasteiger partial charge is 0.319 e. The molecule has 0 aliphatic rings. The molecule has 0 aromatic heterocycles. The number of halogens is 2. The summed E-state index contributed by atoms with van der Waals surface area (Å²) in [6, 6.07) is 4.79. The van der Waals surface area contributed by atoms with E-state index in [0.717, 1.165) is 6.54 Å². The SMILES string of the molecule is C=CC(C)(CNC)Cc1ccc(Cl)cc1F. The number of rotatable bonds is 5. The lowest BCUT2D eigenvalue weighted by atomic mass is 9.83. The van der Waals surface area contributed by atoms with Crippen LogP contribution in [0, 0.1) is 11.2 Å². The summed E-state index contributed by atoms with van der Waals surface area (Å²) in [6.45, 7) is 6.61. The van der Waals surface area contributed by atoms with E-state index in [1.54, 1.807) is 12.1 Å². The van der Waals surface area contributed by atoms with Crippen LogP contribution in [-0.4, -0.2) is 13.6 Å². The minimum absolute atomic E-state index is 0.149. The van der Waals surface area contributed by atoms with Crippen molar-refractivity contribution in [2.75, 3.05) is 13.6 Å². The van der Waals surface area contributed by atoms with Crippen molar-refractivity contribution in [3.8, 4) is 0 Å². The zero-order valence-electron chi connectivity index (χ0n) is 9.69. The standard InChI is InChI=1S/C13H17ClFN/c1-4-13(2,9-16-3)8-10-5-6-11(14)7-12(10)15/h4-7,16H,1,8-9H2,2-3H3. The highest BCUT2D eigenvalue weighted by molar-refractivity contribution is 6.30. The number of nitrogens with one attached hydrogen (secondary N) is 1. The van der Waals surface area contributed by atoms with Crippen LogP contribution in [0.15, 0.2) is 30.9 Å². The number of hydrogen-bond acceptors (Lipinski definition) is 1. The average molecular weight is 242 g/mol. The maximum absolute atomic E-state index is 13.6. The van der Waals surface area contributed by atoms with Crippen LogP contribution in [0.2, 0.25) is 5.02 Å². The van der Waals surface area contributed by atoms with E-state index in [4.69, 9.17) is 11.6 Å². The van der Waals surface area contributed by atoms with Crippen molar-refractivity contribution in [2.45, 2.75) is 13.3 Å². The molecule has 1 aromatic rings. The van der Waals surface area contributed by atoms with Crippen LogP contribution in [-0.2, 0) is 6.42 Å². The molecule has 1 N–H and O–H groups in total. The van der Waals surface area contributed by atoms with Gasteiger partial charge in [0.05, 0.1) is 0 Å². The van der Waals surface area contributed by atoms with E-state index < -0.39 is 0 Å². The summed E-state index contributed by atoms with van der Waals surface area (Å²) >= 11 is 5.71. The first-order valence-electron chi connectivity index (χ1n) is 5.23. The van der Waals surface area contributed by atoms with Crippen LogP contribution in [0.1, 0.15) is 12.5 Å². The van der Waals surface area contributed by atoms with E-state index >= 15 is 0 Å². The highest BCUT2D eigenvalue weighted by Gasteiger charge is 2.21. The molecule has 16 heavy (non-hydrogen) atoms. The lowest BCUT2D eigenvalue weighted by Gasteiger charge is -2.25. The third-order valence-corrected chi connectivity index (χ3v) is 2.92. The Morgan fingerprint density at radius 1 is 1.56 bits per heavy atom. The molecular formula is C13H17ClFN. The van der Waals surface area contributed by atoms with Gasteiger partial charge in [0, 0.05) is 17.0 Å². The maximum Gasteiger partial charge on any atom is 0.127 e. The number of hydrogen-bond donors (Lipinski definition) is 1. The summed E-state index contributed by atoms with van der Waals surface area (Å²) in [7, 11) is 1.87. The van der Waals surface area contributed by atoms with Crippen molar-refractivity contribution in [1.82, 2.24) is 5.32 Å². The molecule has 0 aliphatic heterocycles. The molecule has 0 fully saturated rings. The maximum atomic E-state index is 13.6. The molecule has 1 rings (SSSR count). The van der Waals surface area contributed by atoms with Gasteiger partial charge in [0.2, 0.25) is 0 Å². The van der Waals surface area contributed by atoms with Gasteiger partial charge in [-0.3, -0.25) is 0 Å². The van der Waals surface area contributed by atoms with Gasteiger partial charge < -0.3 is 5.32 Å². The van der Waals surface area contributed by atoms with Crippen molar-refractivity contribution < 1.29 is 4.39 Å². The Hall–Kier alpha value is -0.860. The summed E-state index contributed by atoms with van der Waals surface area (Å²) in [4.78, 5) is 0. The highest BCUT2D eigenvalue weighted by Crippen LogP contribution is 2.25. The van der Waals surface area contributed by atoms with E-state index in [0.29, 0.717) is 17.0 Å². The van der Waals surface area contributed by atoms with Crippen LogP contribution in [0.25, 0.3) is 0 Å². The molecule has 0 saturated carbocycles. The van der Waals surface area contributed by atoms with Crippen LogP contribution in [0.3, 0.4) is 0 Å². The molecule has 1 aromatic carbocycles. The third kappa shape index (κ3) is 3.32. The lowest BCUT2D eigenvalue weighted by Crippen LogP contribution is -2.30. The normalized spacial score (nSPS) is 14.5. The summed E-state index contributed by atoms with van der Waals surface area (Å²) in [5.74, 6) is -0.253. The molecule has 0 heterocycles. The minimum Gasteiger partial charge on any atom is -0.319 e. The third-order valence-electron chi connectivity index (χ3n) is 2.68. The topological polar surface area (TPSA) is 12.0 Å². The fourth-order valence-corrected chi connectivity index (χ4v) is 1.87. The quantitative estimate of drug-likeness (QED) is 0.779. The predicted molar refractivity (Wildman–Crippen MR) is 67.3 cm³/mol. The van der Waals surface area contributed by atoms with Crippen LogP contribution >= 0.6 is 11.6 Å². The van der Waals surface area contributed by atoms with E-state index in [9.17, 15) is 4.39 Å². The predicted octanol–water partition coefficient (Wildman–Crippen LogP) is 3.43. The zero-order valence-corrected chi connectivity index (χ0v) is 10.4. The van der Waals surface area contributed by atoms with Crippen molar-refractivity contribution >= 4 is 11.6 Å². The van der Waals surface area contributed by atoms with E-state index in [-0.39, 0.29) is 11.2 Å². The lowest BCUT2D eigenvalue weighted by molar-refractivity contribution is 0.398. The van der Waals surface area contributed by atoms with Gasteiger partial charge >= 0.3 is 0 Å². The highest BCUT2D eigenvalue weighted by atomic mass is 35.5. The Kier molecular flexibility index (Phi) is 4.51. The molecule has 0 radical (unpaired) electrons. The smallest absolute Gasteiger partial charge is 0.127 e. The molecule has 0 saturated heterocycles. The summed E-state index contributed by atoms with van der Waals surface area (Å²) in [5, 5.41) is 3.52. The van der Waals surface area contributed by atoms with Gasteiger partial charge in [-0.2, -0.15) is 0 Å². The molecule has 0 spiro atoms. The van der Waals surface area contributed by atoms with Crippen molar-refractivity contribution in [2.24, 2.45) is 5.41 Å². The van der Waals surface area contributed by atoms with Gasteiger partial charge in [-0.05, 0) is 31.2 Å². The van der Waals surface area contributed by atoms with E-state index in [2.05, 4.69) is 11.9 Å². The van der Waals surface area contributed by atoms with Crippen LogP contribution < -0.4 is 5.32 Å². The fourth-order valence-electron chi connectivity index (χ4n) is 1.71. The van der Waals surface area contributed by atoms with Crippen LogP contribution in [0.4, 0.5) is 4.39 Å². The van der Waals surface area contributed by atoms with Crippen molar-refractivity contribution in [3.05, 3.63) is 47.3 Å². The van der Waals surface area contributed by atoms with Gasteiger partial charge in [0.15, 0.2) is 0 Å². The molecule has 0 amide bonds. The van der Waals surface area contributed by atoms with Gasteiger partial charge in [0.25, 0.3) is 0 Å². The fraction of sp³-hybridized carbons (Fsp3) is 0.385. The molecule has 3 heteroatoms. The Bertz CT molecular complexity index is 378. The second-order valence-corrected chi connectivity index (χ2v) is 4.74. The molecule has 1 unspecified atom stereocenters. The molecular weight excluding hydrogens is 225 g/mol. The van der Waals surface area contributed by atoms with Crippen LogP contribution in [0.5, 0.6) is 0 Å². The minimum atomic E-state index is -0.253. The Balaban J connectivity index is 2.89. The monoisotopic (exact) mass is 241 g/mol. The Morgan fingerprint density at radius 3 is 2.75 bits per heavy atom. The molecule has 1 nitrogen and oxygen atoms in total. The molecule has 1 atom stereocenters. The first kappa shape index (κ1) is 13.2. The van der Waals surface area contributed by atoms with E-state index in [1.165, 1.54) is 6.07 Å². The van der Waals surface area contributed by atoms with E-state index in [1.807, 2.05) is 20.0 Å². The van der Waals surface area contributed by atoms with Gasteiger partial charge in [0.1, 0.15) is 5.82 Å². The van der Waals surface area contributed by atoms with Crippen molar-refractivity contribution in [1.29, 1.82) is 0 Å². The number of benzene rings is 1. The first-order chi connectivity index (χ1) is 7.50. The Labute approximate surface area is 101 Å². The second-order valence-electron chi connectivity index (χ2n) is 4.30. The summed E-state index contributed by atoms with van der Waals surface area (Å²) < 4.78 is 13.6. The second kappa shape index (κ2) is 5.46. The zero-order chi connectivity index (χ0) is 12.2. The average Bonchev–Trinajstić information content (AvgIpc) is 2.23.